The standard InChI is InChI=1S/C26H29NO11/c1-12(28)17(11-19(31)32)37-24(34)15(30)10-20(33)36-16-5-6-26(35)18-9-13-3-4-14(29)22-21(13)25(26,23(16)38-22)7-8-27(18)2/h3-5,15,17-18,23,29-30,35H,6-11H2,1-2H3,(H,31,32)/t15-,17+,18+,23-,25-,26+/m0/s1. The molecule has 2 aliphatic heterocycles. The Balaban J connectivity index is 1.36. The van der Waals surface area contributed by atoms with Gasteiger partial charge in [0.1, 0.15) is 5.76 Å². The van der Waals surface area contributed by atoms with Crippen LogP contribution >= 0.6 is 0 Å². The van der Waals surface area contributed by atoms with Gasteiger partial charge in [0.05, 0.1) is 23.9 Å². The van der Waals surface area contributed by atoms with Gasteiger partial charge in [0.2, 0.25) is 0 Å². The summed E-state index contributed by atoms with van der Waals surface area (Å²) in [5.41, 5.74) is -0.567. The Morgan fingerprint density at radius 3 is 2.66 bits per heavy atom. The Morgan fingerprint density at radius 2 is 1.97 bits per heavy atom. The van der Waals surface area contributed by atoms with Gasteiger partial charge in [-0.3, -0.25) is 14.4 Å². The number of phenols is 1. The number of aliphatic hydroxyl groups is 2. The second kappa shape index (κ2) is 9.07. The molecule has 4 N–H and O–H groups in total. The number of piperidine rings is 1. The van der Waals surface area contributed by atoms with E-state index in [4.69, 9.17) is 19.3 Å². The Hall–Kier alpha value is -3.48. The predicted octanol–water partition coefficient (Wildman–Crippen LogP) is -0.0604. The number of Topliss-reactive ketones (excluding diaryl/α,β-unsaturated/α-hetero) is 1. The number of aromatic hydroxyl groups is 1. The average Bonchev–Trinajstić information content (AvgIpc) is 3.20. The van der Waals surface area contributed by atoms with E-state index in [0.29, 0.717) is 24.9 Å². The molecule has 0 amide bonds. The lowest BCUT2D eigenvalue weighted by Crippen LogP contribution is -2.74. The number of carbonyl (C=O) groups excluding carboxylic acids is 3. The van der Waals surface area contributed by atoms with Crippen molar-refractivity contribution >= 4 is 23.7 Å². The Morgan fingerprint density at radius 1 is 1.24 bits per heavy atom. The molecule has 2 heterocycles. The Labute approximate surface area is 217 Å². The molecular weight excluding hydrogens is 502 g/mol. The lowest BCUT2D eigenvalue weighted by molar-refractivity contribution is -0.173. The molecule has 38 heavy (non-hydrogen) atoms. The fraction of sp³-hybridized carbons (Fsp3) is 0.538. The molecule has 1 spiro atoms. The summed E-state index contributed by atoms with van der Waals surface area (Å²) >= 11 is 0. The van der Waals surface area contributed by atoms with Gasteiger partial charge in [-0.05, 0) is 51.1 Å². The fourth-order valence-corrected chi connectivity index (χ4v) is 6.50. The van der Waals surface area contributed by atoms with Gasteiger partial charge in [-0.2, -0.15) is 0 Å². The second-order valence-electron chi connectivity index (χ2n) is 10.4. The van der Waals surface area contributed by atoms with E-state index in [1.54, 1.807) is 6.08 Å². The lowest BCUT2D eigenvalue weighted by atomic mass is 9.50. The van der Waals surface area contributed by atoms with Crippen LogP contribution in [0.15, 0.2) is 24.0 Å². The van der Waals surface area contributed by atoms with E-state index < -0.39 is 65.9 Å². The van der Waals surface area contributed by atoms with E-state index in [-0.39, 0.29) is 29.7 Å². The molecule has 0 radical (unpaired) electrons. The third-order valence-electron chi connectivity index (χ3n) is 8.29. The number of hydrogen-bond donors (Lipinski definition) is 4. The zero-order chi connectivity index (χ0) is 27.6. The van der Waals surface area contributed by atoms with Crippen molar-refractivity contribution in [3.8, 4) is 11.5 Å². The molecule has 0 unspecified atom stereocenters. The van der Waals surface area contributed by atoms with E-state index >= 15 is 0 Å². The van der Waals surface area contributed by atoms with Crippen LogP contribution in [0.5, 0.6) is 11.5 Å². The van der Waals surface area contributed by atoms with Crippen LogP contribution in [-0.2, 0) is 40.5 Å². The highest BCUT2D eigenvalue weighted by molar-refractivity contribution is 5.89. The largest absolute Gasteiger partial charge is 0.504 e. The van der Waals surface area contributed by atoms with Crippen LogP contribution in [0.2, 0.25) is 0 Å². The second-order valence-corrected chi connectivity index (χ2v) is 10.4. The van der Waals surface area contributed by atoms with Gasteiger partial charge in [0.25, 0.3) is 0 Å². The summed E-state index contributed by atoms with van der Waals surface area (Å²) in [4.78, 5) is 49.5. The summed E-state index contributed by atoms with van der Waals surface area (Å²) in [5, 5.41) is 41.7. The van der Waals surface area contributed by atoms with Crippen LogP contribution in [0, 0.1) is 0 Å². The molecule has 0 aromatic heterocycles. The number of esters is 2. The first-order valence-electron chi connectivity index (χ1n) is 12.3. The summed E-state index contributed by atoms with van der Waals surface area (Å²) in [6, 6.07) is 3.13. The van der Waals surface area contributed by atoms with Crippen molar-refractivity contribution in [2.75, 3.05) is 13.6 Å². The Kier molecular flexibility index (Phi) is 6.24. The van der Waals surface area contributed by atoms with Crippen LogP contribution in [0.4, 0.5) is 0 Å². The van der Waals surface area contributed by atoms with Crippen molar-refractivity contribution in [1.82, 2.24) is 4.90 Å². The molecule has 12 nitrogen and oxygen atoms in total. The summed E-state index contributed by atoms with van der Waals surface area (Å²) in [6.45, 7) is 1.68. The quantitative estimate of drug-likeness (QED) is 0.329. The zero-order valence-electron chi connectivity index (χ0n) is 20.9. The number of ketones is 1. The monoisotopic (exact) mass is 531 g/mol. The first-order valence-corrected chi connectivity index (χ1v) is 12.3. The molecule has 2 bridgehead atoms. The minimum absolute atomic E-state index is 0.0857. The number of carbonyl (C=O) groups is 4. The number of phenolic OH excluding ortho intramolecular Hbond substituents is 1. The van der Waals surface area contributed by atoms with Gasteiger partial charge in [-0.15, -0.1) is 0 Å². The number of nitrogens with zero attached hydrogens (tertiary/aromatic N) is 1. The topological polar surface area (TPSA) is 180 Å². The van der Waals surface area contributed by atoms with Gasteiger partial charge in [-0.1, -0.05) is 6.07 Å². The van der Waals surface area contributed by atoms with Crippen LogP contribution in [0.1, 0.15) is 43.7 Å². The van der Waals surface area contributed by atoms with Gasteiger partial charge < -0.3 is 39.5 Å². The summed E-state index contributed by atoms with van der Waals surface area (Å²) in [7, 11) is 1.94. The summed E-state index contributed by atoms with van der Waals surface area (Å²) in [5.74, 6) is -4.17. The van der Waals surface area contributed by atoms with Crippen molar-refractivity contribution in [3.63, 3.8) is 0 Å². The number of aliphatic carboxylic acids is 1. The molecule has 1 aromatic rings. The number of carboxylic acid groups (broad SMARTS) is 1. The maximum atomic E-state index is 12.7. The third-order valence-corrected chi connectivity index (χ3v) is 8.29. The number of benzene rings is 1. The minimum atomic E-state index is -2.00. The molecular formula is C26H29NO11. The first-order chi connectivity index (χ1) is 17.9. The smallest absolute Gasteiger partial charge is 0.336 e. The maximum absolute atomic E-state index is 12.7. The maximum Gasteiger partial charge on any atom is 0.336 e. The first kappa shape index (κ1) is 26.1. The Bertz CT molecular complexity index is 1260. The van der Waals surface area contributed by atoms with Gasteiger partial charge in [0, 0.05) is 18.0 Å². The van der Waals surface area contributed by atoms with E-state index in [1.165, 1.54) is 6.07 Å². The average molecular weight is 532 g/mol. The van der Waals surface area contributed by atoms with Crippen molar-refractivity contribution in [1.29, 1.82) is 0 Å². The van der Waals surface area contributed by atoms with Gasteiger partial charge >= 0.3 is 17.9 Å². The predicted molar refractivity (Wildman–Crippen MR) is 126 cm³/mol. The molecule has 5 rings (SSSR count). The molecule has 6 atom stereocenters. The van der Waals surface area contributed by atoms with E-state index in [9.17, 15) is 34.5 Å². The minimum Gasteiger partial charge on any atom is -0.504 e. The summed E-state index contributed by atoms with van der Waals surface area (Å²) < 4.78 is 16.5. The number of aliphatic hydroxyl groups excluding tert-OH is 1. The zero-order valence-corrected chi connectivity index (χ0v) is 20.9. The van der Waals surface area contributed by atoms with E-state index in [1.807, 2.05) is 13.1 Å². The molecule has 204 valence electrons. The van der Waals surface area contributed by atoms with Crippen molar-refractivity contribution in [2.45, 2.75) is 74.4 Å². The van der Waals surface area contributed by atoms with Crippen LogP contribution in [-0.4, -0.2) is 92.6 Å². The highest BCUT2D eigenvalue weighted by atomic mass is 16.6. The van der Waals surface area contributed by atoms with Crippen LogP contribution in [0.3, 0.4) is 0 Å². The van der Waals surface area contributed by atoms with Crippen LogP contribution < -0.4 is 4.74 Å². The van der Waals surface area contributed by atoms with Gasteiger partial charge in [0.15, 0.2) is 35.6 Å². The highest BCUT2D eigenvalue weighted by Crippen LogP contribution is 2.65. The van der Waals surface area contributed by atoms with Crippen molar-refractivity contribution < 1.29 is 53.8 Å². The third kappa shape index (κ3) is 3.77. The van der Waals surface area contributed by atoms with Crippen LogP contribution in [0.25, 0.3) is 0 Å². The molecule has 12 heteroatoms. The number of likely N-dealkylation sites (N-methyl/N-ethyl adjacent to an activating group) is 1. The number of likely N-dealkylation sites (tertiary alicyclic amines) is 1. The molecule has 4 aliphatic rings. The molecule has 1 fully saturated rings. The highest BCUT2D eigenvalue weighted by Gasteiger charge is 2.72. The van der Waals surface area contributed by atoms with Crippen molar-refractivity contribution in [2.24, 2.45) is 0 Å². The van der Waals surface area contributed by atoms with Crippen molar-refractivity contribution in [3.05, 3.63) is 35.1 Å². The summed E-state index contributed by atoms with van der Waals surface area (Å²) in [6.07, 6.45) is -3.38. The van der Waals surface area contributed by atoms with E-state index in [2.05, 4.69) is 4.90 Å². The lowest BCUT2D eigenvalue weighted by Gasteiger charge is -2.61. The number of rotatable bonds is 8. The number of ether oxygens (including phenoxy) is 3. The molecule has 1 aromatic carbocycles. The molecule has 2 aliphatic carbocycles. The van der Waals surface area contributed by atoms with Gasteiger partial charge in [-0.25, -0.2) is 4.79 Å². The van der Waals surface area contributed by atoms with E-state index in [0.717, 1.165) is 12.5 Å². The fourth-order valence-electron chi connectivity index (χ4n) is 6.50. The number of carboxylic acids is 1. The number of hydrogen-bond acceptors (Lipinski definition) is 11. The SMILES string of the molecule is CC(=O)[C@@H](CC(=O)O)OC(=O)[C@@H](O)CC(=O)OC1=CC[C@@]2(O)[C@H]3Cc4ccc(O)c5c4[C@@]2(CCN3C)[C@H]1O5. The molecule has 0 saturated carbocycles. The molecule has 1 saturated heterocycles. The normalized spacial score (nSPS) is 30.3.